The van der Waals surface area contributed by atoms with Crippen LogP contribution in [0.25, 0.3) is 21.7 Å². The van der Waals surface area contributed by atoms with Crippen molar-refractivity contribution in [2.75, 3.05) is 18.0 Å². The molecular weight excluding hydrogens is 376 g/mol. The number of nitrogens with zero attached hydrogens (tertiary/aromatic N) is 1. The van der Waals surface area contributed by atoms with Crippen molar-refractivity contribution in [3.8, 4) is 11.5 Å². The second-order valence-electron chi connectivity index (χ2n) is 5.88. The monoisotopic (exact) mass is 394 g/mol. The molecule has 1 heterocycles. The van der Waals surface area contributed by atoms with Gasteiger partial charge in [0.15, 0.2) is 17.1 Å². The predicted octanol–water partition coefficient (Wildman–Crippen LogP) is 3.45. The van der Waals surface area contributed by atoms with E-state index < -0.39 is 6.09 Å². The molecule has 144 valence electrons. The van der Waals surface area contributed by atoms with Gasteiger partial charge in [-0.2, -0.15) is 0 Å². The summed E-state index contributed by atoms with van der Waals surface area (Å²) in [4.78, 5) is 24.6. The third-order valence-electron chi connectivity index (χ3n) is 4.17. The average Bonchev–Trinajstić information content (AvgIpc) is 3.03. The molecule has 0 saturated heterocycles. The number of phenols is 2. The van der Waals surface area contributed by atoms with Crippen LogP contribution in [0.4, 0.5) is 10.5 Å². The number of ketones is 1. The maximum Gasteiger partial charge on any atom is 0.411 e. The van der Waals surface area contributed by atoms with Crippen molar-refractivity contribution in [2.24, 2.45) is 5.73 Å². The number of carboxylic acid groups (broad SMARTS) is 1. The molecule has 5 N–H and O–H groups in total. The van der Waals surface area contributed by atoms with Gasteiger partial charge in [0.25, 0.3) is 0 Å². The van der Waals surface area contributed by atoms with Crippen molar-refractivity contribution in [3.05, 3.63) is 30.0 Å². The lowest BCUT2D eigenvalue weighted by molar-refractivity contribution is 0.0989. The zero-order valence-electron chi connectivity index (χ0n) is 14.4. The molecule has 3 aromatic rings. The maximum atomic E-state index is 11.9. The third-order valence-corrected chi connectivity index (χ3v) is 4.17. The summed E-state index contributed by atoms with van der Waals surface area (Å²) in [6.45, 7) is 1.67. The minimum atomic E-state index is -1.24. The quantitative estimate of drug-likeness (QED) is 0.486. The molecule has 0 bridgehead atoms. The third kappa shape index (κ3) is 3.36. The fraction of sp³-hybridized carbons (Fsp3) is 0.222. The molecule has 0 saturated carbocycles. The van der Waals surface area contributed by atoms with Crippen LogP contribution in [0.1, 0.15) is 23.9 Å². The first kappa shape index (κ1) is 20.3. The van der Waals surface area contributed by atoms with Crippen LogP contribution in [0.2, 0.25) is 0 Å². The molecule has 1 amide bonds. The number of fused-ring (bicyclic) bond motifs is 2. The number of aromatic hydroxyl groups is 2. The van der Waals surface area contributed by atoms with Crippen LogP contribution < -0.4 is 10.6 Å². The number of anilines is 1. The summed E-state index contributed by atoms with van der Waals surface area (Å²) in [6, 6.07) is 5.82. The summed E-state index contributed by atoms with van der Waals surface area (Å²) in [7, 11) is 0. The van der Waals surface area contributed by atoms with Gasteiger partial charge in [0.2, 0.25) is 0 Å². The van der Waals surface area contributed by atoms with Gasteiger partial charge in [-0.1, -0.05) is 12.1 Å². The van der Waals surface area contributed by atoms with Gasteiger partial charge >= 0.3 is 6.09 Å². The molecule has 9 heteroatoms. The molecule has 0 aliphatic rings. The fourth-order valence-electron chi connectivity index (χ4n) is 2.98. The molecule has 0 radical (unpaired) electrons. The first-order valence-electron chi connectivity index (χ1n) is 7.98. The highest BCUT2D eigenvalue weighted by molar-refractivity contribution is 6.19. The summed E-state index contributed by atoms with van der Waals surface area (Å²) in [6.07, 6.45) is -0.842. The Balaban J connectivity index is 0.00000261. The van der Waals surface area contributed by atoms with E-state index in [1.165, 1.54) is 25.1 Å². The topological polar surface area (TPSA) is 137 Å². The Bertz CT molecular complexity index is 1030. The number of hydrogen-bond donors (Lipinski definition) is 4. The van der Waals surface area contributed by atoms with E-state index in [0.717, 1.165) is 4.90 Å². The number of amides is 1. The van der Waals surface area contributed by atoms with E-state index in [2.05, 4.69) is 0 Å². The van der Waals surface area contributed by atoms with Crippen LogP contribution in [0.15, 0.2) is 28.7 Å². The number of hydrogen-bond acceptors (Lipinski definition) is 6. The number of phenolic OH excluding ortho intramolecular Hbond substituents is 2. The first-order chi connectivity index (χ1) is 12.4. The number of carbonyl (C=O) groups excluding carboxylic acids is 1. The Labute approximate surface area is 160 Å². The number of halogens is 1. The number of furan rings is 1. The lowest BCUT2D eigenvalue weighted by Gasteiger charge is -2.22. The van der Waals surface area contributed by atoms with Gasteiger partial charge < -0.3 is 25.5 Å². The molecule has 1 aromatic heterocycles. The maximum absolute atomic E-state index is 11.9. The summed E-state index contributed by atoms with van der Waals surface area (Å²) in [5.74, 6) is -0.880. The van der Waals surface area contributed by atoms with Crippen LogP contribution in [-0.2, 0) is 0 Å². The van der Waals surface area contributed by atoms with Gasteiger partial charge in [-0.25, -0.2) is 4.79 Å². The van der Waals surface area contributed by atoms with Crippen molar-refractivity contribution in [1.29, 1.82) is 0 Å². The zero-order valence-corrected chi connectivity index (χ0v) is 15.2. The van der Waals surface area contributed by atoms with E-state index in [1.54, 1.807) is 6.07 Å². The smallest absolute Gasteiger partial charge is 0.411 e. The molecule has 3 rings (SSSR count). The van der Waals surface area contributed by atoms with E-state index in [1.807, 2.05) is 0 Å². The highest BCUT2D eigenvalue weighted by Gasteiger charge is 2.27. The van der Waals surface area contributed by atoms with E-state index in [-0.39, 0.29) is 70.6 Å². The van der Waals surface area contributed by atoms with Crippen molar-refractivity contribution in [1.82, 2.24) is 0 Å². The van der Waals surface area contributed by atoms with E-state index in [0.29, 0.717) is 11.8 Å². The molecule has 8 nitrogen and oxygen atoms in total. The molecule has 2 aromatic carbocycles. The SMILES string of the molecule is CC(=O)c1cc2c(O)c3c(O)cccc3c(N(CCCN)C(=O)O)c2o1.Cl. The summed E-state index contributed by atoms with van der Waals surface area (Å²) in [5.41, 5.74) is 5.72. The standard InChI is InChI=1S/C18H18N2O6.ClH/c1-9(21)13-8-11-16(23)14-10(4-2-5-12(14)22)15(17(11)26-13)20(18(24)25)7-3-6-19;/h2,4-5,8,22-23H,3,6-7,19H2,1H3,(H,24,25);1H. The van der Waals surface area contributed by atoms with Crippen molar-refractivity contribution in [2.45, 2.75) is 13.3 Å². The van der Waals surface area contributed by atoms with Crippen molar-refractivity contribution >= 4 is 51.7 Å². The highest BCUT2D eigenvalue weighted by atomic mass is 35.5. The molecule has 0 fully saturated rings. The van der Waals surface area contributed by atoms with Crippen LogP contribution in [0, 0.1) is 0 Å². The molecule has 0 unspecified atom stereocenters. The zero-order chi connectivity index (χ0) is 19.0. The Morgan fingerprint density at radius 1 is 1.22 bits per heavy atom. The molecule has 0 atom stereocenters. The minimum absolute atomic E-state index is 0. The Kier molecular flexibility index (Phi) is 5.82. The largest absolute Gasteiger partial charge is 0.507 e. The summed E-state index contributed by atoms with van der Waals surface area (Å²) >= 11 is 0. The normalized spacial score (nSPS) is 10.7. The highest BCUT2D eigenvalue weighted by Crippen LogP contribution is 2.46. The van der Waals surface area contributed by atoms with Crippen LogP contribution in [0.5, 0.6) is 11.5 Å². The Morgan fingerprint density at radius 3 is 2.52 bits per heavy atom. The minimum Gasteiger partial charge on any atom is -0.507 e. The summed E-state index contributed by atoms with van der Waals surface area (Å²) < 4.78 is 5.57. The molecule has 0 aliphatic carbocycles. The number of benzene rings is 2. The van der Waals surface area contributed by atoms with Gasteiger partial charge in [-0.05, 0) is 25.1 Å². The Hall–Kier alpha value is -2.97. The van der Waals surface area contributed by atoms with Gasteiger partial charge in [0, 0.05) is 18.9 Å². The van der Waals surface area contributed by atoms with E-state index in [9.17, 15) is 24.9 Å². The number of rotatable bonds is 5. The van der Waals surface area contributed by atoms with Gasteiger partial charge in [0.1, 0.15) is 11.5 Å². The average molecular weight is 395 g/mol. The lowest BCUT2D eigenvalue weighted by atomic mass is 10.0. The van der Waals surface area contributed by atoms with Gasteiger partial charge in [0.05, 0.1) is 16.5 Å². The van der Waals surface area contributed by atoms with Gasteiger partial charge in [-0.3, -0.25) is 9.69 Å². The van der Waals surface area contributed by atoms with Crippen molar-refractivity contribution < 1.29 is 29.3 Å². The number of Topliss-reactive ketones (excluding diaryl/α,β-unsaturated/α-hetero) is 1. The van der Waals surface area contributed by atoms with Crippen LogP contribution in [-0.4, -0.2) is 40.3 Å². The van der Waals surface area contributed by atoms with Crippen molar-refractivity contribution in [3.63, 3.8) is 0 Å². The van der Waals surface area contributed by atoms with Gasteiger partial charge in [-0.15, -0.1) is 12.4 Å². The molecule has 27 heavy (non-hydrogen) atoms. The second kappa shape index (κ2) is 7.73. The van der Waals surface area contributed by atoms with Crippen LogP contribution in [0.3, 0.4) is 0 Å². The first-order valence-corrected chi connectivity index (χ1v) is 7.98. The molecule has 0 aliphatic heterocycles. The number of nitrogens with two attached hydrogens (primary N) is 1. The Morgan fingerprint density at radius 2 is 1.93 bits per heavy atom. The van der Waals surface area contributed by atoms with E-state index >= 15 is 0 Å². The lowest BCUT2D eigenvalue weighted by Crippen LogP contribution is -2.31. The second-order valence-corrected chi connectivity index (χ2v) is 5.88. The van der Waals surface area contributed by atoms with Crippen LogP contribution >= 0.6 is 12.4 Å². The predicted molar refractivity (Wildman–Crippen MR) is 103 cm³/mol. The van der Waals surface area contributed by atoms with E-state index in [4.69, 9.17) is 10.2 Å². The molecule has 0 spiro atoms. The summed E-state index contributed by atoms with van der Waals surface area (Å²) in [5, 5.41) is 31.0. The molecular formula is C18H19ClN2O6. The fourth-order valence-corrected chi connectivity index (χ4v) is 2.98. The number of carbonyl (C=O) groups is 2.